The van der Waals surface area contributed by atoms with Gasteiger partial charge in [0.1, 0.15) is 6.10 Å². The summed E-state index contributed by atoms with van der Waals surface area (Å²) >= 11 is 0. The fraction of sp³-hybridized carbons (Fsp3) is 0.914. The zero-order valence-corrected chi connectivity index (χ0v) is 27.6. The van der Waals surface area contributed by atoms with Gasteiger partial charge in [-0.1, -0.05) is 65.5 Å². The van der Waals surface area contributed by atoms with Crippen LogP contribution < -0.4 is 21.7 Å². The van der Waals surface area contributed by atoms with Crippen LogP contribution in [0.4, 0.5) is 4.79 Å². The second-order valence-corrected chi connectivity index (χ2v) is 15.2. The first-order chi connectivity index (χ1) is 20.2. The number of allylic oxidation sites excluding steroid dienone is 1. The number of carbonyl (C=O) groups is 1. The minimum atomic E-state index is -0.492. The van der Waals surface area contributed by atoms with Crippen LogP contribution in [0.3, 0.4) is 0 Å². The molecule has 0 bridgehead atoms. The summed E-state index contributed by atoms with van der Waals surface area (Å²) in [4.78, 5) is 23.1. The van der Waals surface area contributed by atoms with Crippen molar-refractivity contribution in [1.29, 1.82) is 0 Å². The highest BCUT2D eigenvalue weighted by molar-refractivity contribution is 5.66. The summed E-state index contributed by atoms with van der Waals surface area (Å²) in [6.07, 6.45) is 17.1. The lowest BCUT2D eigenvalue weighted by molar-refractivity contribution is -0.278. The van der Waals surface area contributed by atoms with E-state index in [1.807, 2.05) is 0 Å². The number of carbonyl (C=O) groups excluding carboxylic acids is 1. The highest BCUT2D eigenvalue weighted by Crippen LogP contribution is 2.67. The summed E-state index contributed by atoms with van der Waals surface area (Å²) in [5.41, 5.74) is 7.84. The van der Waals surface area contributed by atoms with Gasteiger partial charge in [0.25, 0.3) is 0 Å². The first-order valence-corrected chi connectivity index (χ1v) is 17.6. The van der Waals surface area contributed by atoms with Gasteiger partial charge in [0, 0.05) is 26.2 Å². The molecule has 4 rings (SSSR count). The van der Waals surface area contributed by atoms with E-state index in [4.69, 9.17) is 15.5 Å². The minimum absolute atomic E-state index is 0.0397. The van der Waals surface area contributed by atoms with E-state index in [0.717, 1.165) is 80.8 Å². The zero-order chi connectivity index (χ0) is 30.2. The third-order valence-corrected chi connectivity index (χ3v) is 12.1. The molecule has 8 atom stereocenters. The quantitative estimate of drug-likeness (QED) is 0.0704. The van der Waals surface area contributed by atoms with Gasteiger partial charge in [-0.2, -0.15) is 4.89 Å². The maximum absolute atomic E-state index is 12.2. The van der Waals surface area contributed by atoms with Gasteiger partial charge in [-0.3, -0.25) is 4.89 Å². The maximum Gasteiger partial charge on any atom is 0.438 e. The smallest absolute Gasteiger partial charge is 0.329 e. The van der Waals surface area contributed by atoms with Crippen molar-refractivity contribution in [2.24, 2.45) is 52.1 Å². The largest absolute Gasteiger partial charge is 0.438 e. The van der Waals surface area contributed by atoms with Crippen molar-refractivity contribution in [1.82, 2.24) is 16.0 Å². The summed E-state index contributed by atoms with van der Waals surface area (Å²) < 4.78 is 0. The molecule has 0 saturated heterocycles. The summed E-state index contributed by atoms with van der Waals surface area (Å²) in [7, 11) is 0. The van der Waals surface area contributed by atoms with Crippen LogP contribution in [0.1, 0.15) is 112 Å². The predicted octanol–water partition coefficient (Wildman–Crippen LogP) is 6.58. The molecule has 0 heterocycles. The van der Waals surface area contributed by atoms with Gasteiger partial charge in [0.15, 0.2) is 0 Å². The molecule has 0 aromatic carbocycles. The number of nitrogens with one attached hydrogen (secondary N) is 3. The van der Waals surface area contributed by atoms with E-state index in [1.165, 1.54) is 51.4 Å². The van der Waals surface area contributed by atoms with Crippen LogP contribution >= 0.6 is 0 Å². The molecule has 4 aliphatic rings. The Morgan fingerprint density at radius 1 is 0.952 bits per heavy atom. The monoisotopic (exact) mass is 588 g/mol. The van der Waals surface area contributed by atoms with Gasteiger partial charge >= 0.3 is 6.09 Å². The number of hydrogen-bond donors (Lipinski definition) is 4. The Labute approximate surface area is 257 Å². The van der Waals surface area contributed by atoms with Gasteiger partial charge in [0.05, 0.1) is 0 Å². The summed E-state index contributed by atoms with van der Waals surface area (Å²) in [5.74, 6) is 5.09. The predicted molar refractivity (Wildman–Crippen MR) is 172 cm³/mol. The normalized spacial score (nSPS) is 34.7. The molecule has 0 aromatic rings. The van der Waals surface area contributed by atoms with Crippen molar-refractivity contribution < 1.29 is 14.6 Å². The lowest BCUT2D eigenvalue weighted by atomic mass is 9.47. The van der Waals surface area contributed by atoms with Crippen LogP contribution in [0.25, 0.3) is 0 Å². The molecule has 0 aromatic heterocycles. The fourth-order valence-electron chi connectivity index (χ4n) is 9.82. The van der Waals surface area contributed by atoms with E-state index in [1.54, 1.807) is 5.57 Å². The van der Waals surface area contributed by atoms with Gasteiger partial charge < -0.3 is 21.7 Å². The van der Waals surface area contributed by atoms with Crippen molar-refractivity contribution in [2.75, 3.05) is 39.3 Å². The van der Waals surface area contributed by atoms with Gasteiger partial charge in [0.2, 0.25) is 0 Å². The van der Waals surface area contributed by atoms with E-state index in [2.05, 4.69) is 56.6 Å². The Morgan fingerprint density at radius 2 is 1.74 bits per heavy atom. The topological polar surface area (TPSA) is 97.6 Å². The molecule has 242 valence electrons. The van der Waals surface area contributed by atoms with E-state index in [-0.39, 0.29) is 11.5 Å². The third kappa shape index (κ3) is 8.11. The van der Waals surface area contributed by atoms with E-state index in [9.17, 15) is 4.79 Å². The summed E-state index contributed by atoms with van der Waals surface area (Å²) in [6, 6.07) is 0. The first-order valence-electron chi connectivity index (χ1n) is 17.6. The van der Waals surface area contributed by atoms with Gasteiger partial charge in [-0.25, -0.2) is 4.79 Å². The average molecular weight is 589 g/mol. The molecule has 3 saturated carbocycles. The molecular formula is C35H64N4O3. The highest BCUT2D eigenvalue weighted by Gasteiger charge is 2.59. The summed E-state index contributed by atoms with van der Waals surface area (Å²) in [6.45, 7) is 17.1. The molecule has 7 heteroatoms. The Morgan fingerprint density at radius 3 is 2.50 bits per heavy atom. The maximum atomic E-state index is 12.2. The Hall–Kier alpha value is -1.15. The zero-order valence-electron chi connectivity index (χ0n) is 27.6. The van der Waals surface area contributed by atoms with Crippen molar-refractivity contribution >= 4 is 6.09 Å². The number of amides is 1. The second-order valence-electron chi connectivity index (χ2n) is 15.2. The van der Waals surface area contributed by atoms with E-state index < -0.39 is 6.09 Å². The Kier molecular flexibility index (Phi) is 12.6. The lowest BCUT2D eigenvalue weighted by Crippen LogP contribution is -2.51. The first kappa shape index (κ1) is 33.7. The number of rotatable bonds is 16. The summed E-state index contributed by atoms with van der Waals surface area (Å²) in [5, 5.41) is 9.39. The van der Waals surface area contributed by atoms with Crippen molar-refractivity contribution in [3.8, 4) is 0 Å². The minimum Gasteiger partial charge on any atom is -0.329 e. The molecule has 0 radical (unpaired) electrons. The second kappa shape index (κ2) is 15.7. The van der Waals surface area contributed by atoms with Crippen molar-refractivity contribution in [2.45, 2.75) is 118 Å². The third-order valence-electron chi connectivity index (χ3n) is 12.1. The Bertz CT molecular complexity index is 880. The molecule has 0 spiro atoms. The van der Waals surface area contributed by atoms with Gasteiger partial charge in [-0.15, -0.1) is 0 Å². The molecule has 0 unspecified atom stereocenters. The molecule has 4 aliphatic carbocycles. The number of fused-ring (bicyclic) bond motifs is 5. The molecule has 5 N–H and O–H groups in total. The SMILES string of the molecule is CC(C)CCC[C@@H](C)[C@H]1CC[C@H]2[C@@H]3CC=C4C[C@@H](OOC(=O)NCCNCCCNCCN)CC[C@]4(C)[C@H]3CC[C@]12C. The lowest BCUT2D eigenvalue weighted by Gasteiger charge is -2.58. The van der Waals surface area contributed by atoms with Crippen molar-refractivity contribution in [3.05, 3.63) is 11.6 Å². The molecule has 1 amide bonds. The Balaban J connectivity index is 1.21. The average Bonchev–Trinajstić information content (AvgIpc) is 3.32. The van der Waals surface area contributed by atoms with Gasteiger partial charge in [-0.05, 0) is 117 Å². The molecule has 0 aliphatic heterocycles. The van der Waals surface area contributed by atoms with Crippen LogP contribution in [-0.2, 0) is 9.78 Å². The number of nitrogens with two attached hydrogens (primary N) is 1. The van der Waals surface area contributed by atoms with Crippen LogP contribution in [0.2, 0.25) is 0 Å². The fourth-order valence-corrected chi connectivity index (χ4v) is 9.82. The molecule has 3 fully saturated rings. The molecular weight excluding hydrogens is 524 g/mol. The standard InChI is InChI=1S/C35H64N4O3/c1-25(2)8-6-9-26(3)30-12-13-31-29-11-10-27-24-28(14-16-34(27,4)32(29)15-17-35(30,31)5)41-42-33(40)39-23-22-38-20-7-19-37-21-18-36/h10,25-26,28-32,37-38H,6-9,11-24,36H2,1-5H3,(H,39,40)/t26-,28+,29+,30-,31+,32+,34+,35-/m1/s1. The molecule has 7 nitrogen and oxygen atoms in total. The molecule has 42 heavy (non-hydrogen) atoms. The highest BCUT2D eigenvalue weighted by atomic mass is 17.2. The van der Waals surface area contributed by atoms with Crippen LogP contribution in [0, 0.1) is 46.3 Å². The van der Waals surface area contributed by atoms with E-state index >= 15 is 0 Å². The van der Waals surface area contributed by atoms with E-state index in [0.29, 0.717) is 25.0 Å². The van der Waals surface area contributed by atoms with Crippen molar-refractivity contribution in [3.63, 3.8) is 0 Å². The number of hydrogen-bond acceptors (Lipinski definition) is 6. The van der Waals surface area contributed by atoms with Crippen LogP contribution in [0.5, 0.6) is 0 Å². The van der Waals surface area contributed by atoms with Crippen LogP contribution in [-0.4, -0.2) is 51.5 Å². The van der Waals surface area contributed by atoms with Crippen LogP contribution in [0.15, 0.2) is 11.6 Å².